The number of thioether (sulfide) groups is 1. The summed E-state index contributed by atoms with van der Waals surface area (Å²) in [6.45, 7) is 5.56. The molecule has 0 atom stereocenters. The van der Waals surface area contributed by atoms with Gasteiger partial charge in [0.05, 0.1) is 11.4 Å². The van der Waals surface area contributed by atoms with Crippen LogP contribution in [0.15, 0.2) is 59.3 Å². The molecule has 4 rings (SSSR count). The van der Waals surface area contributed by atoms with E-state index < -0.39 is 0 Å². The van der Waals surface area contributed by atoms with Crippen molar-refractivity contribution in [2.24, 2.45) is 0 Å². The van der Waals surface area contributed by atoms with Crippen LogP contribution in [0.3, 0.4) is 0 Å². The highest BCUT2D eigenvalue weighted by Gasteiger charge is 2.21. The Morgan fingerprint density at radius 3 is 2.53 bits per heavy atom. The molecule has 0 aliphatic heterocycles. The second-order valence-electron chi connectivity index (χ2n) is 7.54. The third kappa shape index (κ3) is 5.34. The van der Waals surface area contributed by atoms with E-state index in [0.29, 0.717) is 28.1 Å². The number of halogens is 1. The van der Waals surface area contributed by atoms with Crippen LogP contribution in [-0.2, 0) is 5.75 Å². The Morgan fingerprint density at radius 2 is 1.82 bits per heavy atom. The predicted molar refractivity (Wildman–Crippen MR) is 133 cm³/mol. The summed E-state index contributed by atoms with van der Waals surface area (Å²) in [5.74, 6) is 0.613. The molecule has 34 heavy (non-hydrogen) atoms. The van der Waals surface area contributed by atoms with Crippen LogP contribution in [0.1, 0.15) is 42.2 Å². The molecule has 1 amide bonds. The highest BCUT2D eigenvalue weighted by atomic mass is 32.2. The fraction of sp³-hybridized carbons (Fsp3) is 0.292. The second-order valence-corrected chi connectivity index (χ2v) is 9.42. The van der Waals surface area contributed by atoms with E-state index in [0.717, 1.165) is 36.5 Å². The number of amides is 1. The van der Waals surface area contributed by atoms with Crippen LogP contribution in [0, 0.1) is 5.82 Å². The highest BCUT2D eigenvalue weighted by molar-refractivity contribution is 7.98. The number of aromatic nitrogens is 5. The Hall–Kier alpha value is -3.11. The molecular weight excluding hydrogens is 471 g/mol. The number of pyridine rings is 1. The maximum absolute atomic E-state index is 14.7. The molecule has 0 N–H and O–H groups in total. The number of thiazole rings is 1. The maximum Gasteiger partial charge on any atom is 0.273 e. The molecule has 0 aliphatic rings. The van der Waals surface area contributed by atoms with E-state index in [9.17, 15) is 9.18 Å². The van der Waals surface area contributed by atoms with Gasteiger partial charge in [-0.25, -0.2) is 9.37 Å². The molecule has 7 nitrogen and oxygen atoms in total. The molecule has 0 saturated heterocycles. The molecule has 176 valence electrons. The van der Waals surface area contributed by atoms with Gasteiger partial charge in [0.15, 0.2) is 11.0 Å². The van der Waals surface area contributed by atoms with Gasteiger partial charge in [-0.1, -0.05) is 37.7 Å². The van der Waals surface area contributed by atoms with E-state index in [1.165, 1.54) is 29.2 Å². The third-order valence-corrected chi connectivity index (χ3v) is 7.01. The van der Waals surface area contributed by atoms with E-state index in [-0.39, 0.29) is 11.7 Å². The van der Waals surface area contributed by atoms with Gasteiger partial charge in [0.1, 0.15) is 16.5 Å². The lowest BCUT2D eigenvalue weighted by Gasteiger charge is -2.20. The van der Waals surface area contributed by atoms with Crippen LogP contribution in [0.2, 0.25) is 0 Å². The van der Waals surface area contributed by atoms with E-state index in [1.54, 1.807) is 40.5 Å². The van der Waals surface area contributed by atoms with Crippen LogP contribution < -0.4 is 0 Å². The van der Waals surface area contributed by atoms with E-state index in [2.05, 4.69) is 34.0 Å². The van der Waals surface area contributed by atoms with Crippen LogP contribution >= 0.6 is 23.1 Å². The van der Waals surface area contributed by atoms with Crippen molar-refractivity contribution in [3.63, 3.8) is 0 Å². The molecule has 3 heterocycles. The number of carbonyl (C=O) groups is 1. The number of hydrogen-bond acceptors (Lipinski definition) is 7. The SMILES string of the molecule is CCCN(CCC)C(=O)c1csc(CSc2nnc(-c3ccncc3)n2-c2ccccc2F)n1. The number of hydrogen-bond donors (Lipinski definition) is 0. The van der Waals surface area contributed by atoms with Crippen LogP contribution in [0.4, 0.5) is 4.39 Å². The fourth-order valence-corrected chi connectivity index (χ4v) is 5.25. The van der Waals surface area contributed by atoms with Gasteiger partial charge in [0, 0.05) is 36.4 Å². The number of para-hydroxylation sites is 1. The quantitative estimate of drug-likeness (QED) is 0.271. The summed E-state index contributed by atoms with van der Waals surface area (Å²) in [6, 6.07) is 10.2. The minimum Gasteiger partial charge on any atom is -0.337 e. The lowest BCUT2D eigenvalue weighted by Crippen LogP contribution is -2.32. The second kappa shape index (κ2) is 11.3. The first-order valence-corrected chi connectivity index (χ1v) is 13.0. The molecule has 1 aromatic carbocycles. The monoisotopic (exact) mass is 496 g/mol. The largest absolute Gasteiger partial charge is 0.337 e. The van der Waals surface area contributed by atoms with Crippen molar-refractivity contribution < 1.29 is 9.18 Å². The zero-order valence-electron chi connectivity index (χ0n) is 19.0. The minimum absolute atomic E-state index is 0.0364. The molecule has 0 aliphatic carbocycles. The zero-order chi connectivity index (χ0) is 23.9. The highest BCUT2D eigenvalue weighted by Crippen LogP contribution is 2.31. The number of nitrogens with zero attached hydrogens (tertiary/aromatic N) is 6. The van der Waals surface area contributed by atoms with Gasteiger partial charge in [0.25, 0.3) is 5.91 Å². The number of benzene rings is 1. The molecule has 10 heteroatoms. The summed E-state index contributed by atoms with van der Waals surface area (Å²) >= 11 is 2.84. The average Bonchev–Trinajstić information content (AvgIpc) is 3.50. The van der Waals surface area contributed by atoms with Gasteiger partial charge in [0.2, 0.25) is 0 Å². The van der Waals surface area contributed by atoms with Gasteiger partial charge in [-0.2, -0.15) is 0 Å². The van der Waals surface area contributed by atoms with Crippen molar-refractivity contribution >= 4 is 29.0 Å². The van der Waals surface area contributed by atoms with Crippen molar-refractivity contribution in [1.82, 2.24) is 29.6 Å². The Balaban J connectivity index is 1.58. The lowest BCUT2D eigenvalue weighted by molar-refractivity contribution is 0.0750. The molecule has 0 saturated carbocycles. The van der Waals surface area contributed by atoms with Gasteiger partial charge in [-0.05, 0) is 37.1 Å². The molecular formula is C24H25FN6OS2. The fourth-order valence-electron chi connectivity index (χ4n) is 3.52. The van der Waals surface area contributed by atoms with Crippen molar-refractivity contribution in [2.75, 3.05) is 13.1 Å². The molecule has 0 fully saturated rings. The molecule has 0 bridgehead atoms. The molecule has 0 unspecified atom stereocenters. The maximum atomic E-state index is 14.7. The first kappa shape index (κ1) is 24.0. The van der Waals surface area contributed by atoms with Gasteiger partial charge >= 0.3 is 0 Å². The molecule has 3 aromatic heterocycles. The average molecular weight is 497 g/mol. The summed E-state index contributed by atoms with van der Waals surface area (Å²) in [6.07, 6.45) is 5.14. The van der Waals surface area contributed by atoms with E-state index >= 15 is 0 Å². The summed E-state index contributed by atoms with van der Waals surface area (Å²) in [4.78, 5) is 23.3. The Kier molecular flexibility index (Phi) is 8.02. The standard InChI is InChI=1S/C24H25FN6OS2/c1-3-13-30(14-4-2)23(32)19-15-33-21(27-19)16-34-24-29-28-22(17-9-11-26-12-10-17)31(24)20-8-6-5-7-18(20)25/h5-12,15H,3-4,13-14,16H2,1-2H3. The molecule has 0 spiro atoms. The first-order chi connectivity index (χ1) is 16.6. The van der Waals surface area contributed by atoms with Crippen molar-refractivity contribution in [3.05, 3.63) is 70.7 Å². The zero-order valence-corrected chi connectivity index (χ0v) is 20.7. The van der Waals surface area contributed by atoms with Crippen LogP contribution in [-0.4, -0.2) is 48.6 Å². The summed E-state index contributed by atoms with van der Waals surface area (Å²) < 4.78 is 16.4. The predicted octanol–water partition coefficient (Wildman–Crippen LogP) is 5.48. The molecule has 0 radical (unpaired) electrons. The Morgan fingerprint density at radius 1 is 1.09 bits per heavy atom. The summed E-state index contributed by atoms with van der Waals surface area (Å²) in [7, 11) is 0. The van der Waals surface area contributed by atoms with Crippen LogP contribution in [0.25, 0.3) is 17.1 Å². The number of rotatable bonds is 10. The summed E-state index contributed by atoms with van der Waals surface area (Å²) in [5, 5.41) is 11.8. The van der Waals surface area contributed by atoms with Crippen molar-refractivity contribution in [1.29, 1.82) is 0 Å². The number of carbonyl (C=O) groups excluding carboxylic acids is 1. The minimum atomic E-state index is -0.367. The molecule has 4 aromatic rings. The van der Waals surface area contributed by atoms with Crippen molar-refractivity contribution in [3.8, 4) is 17.1 Å². The first-order valence-electron chi connectivity index (χ1n) is 11.1. The normalized spacial score (nSPS) is 11.0. The topological polar surface area (TPSA) is 76.8 Å². The van der Waals surface area contributed by atoms with E-state index in [4.69, 9.17) is 0 Å². The third-order valence-electron chi connectivity index (χ3n) is 5.04. The Labute approximate surface area is 206 Å². The Bertz CT molecular complexity index is 1240. The van der Waals surface area contributed by atoms with E-state index in [1.807, 2.05) is 17.0 Å². The van der Waals surface area contributed by atoms with Gasteiger partial charge in [-0.3, -0.25) is 14.3 Å². The smallest absolute Gasteiger partial charge is 0.273 e. The lowest BCUT2D eigenvalue weighted by atomic mass is 10.2. The van der Waals surface area contributed by atoms with Gasteiger partial charge < -0.3 is 4.90 Å². The van der Waals surface area contributed by atoms with Crippen LogP contribution in [0.5, 0.6) is 0 Å². The summed E-state index contributed by atoms with van der Waals surface area (Å²) in [5.41, 5.74) is 1.62. The van der Waals surface area contributed by atoms with Gasteiger partial charge in [-0.15, -0.1) is 21.5 Å². The van der Waals surface area contributed by atoms with Crippen molar-refractivity contribution in [2.45, 2.75) is 37.6 Å².